The molecule has 2 N–H and O–H groups in total. The molecule has 7 heteroatoms. The minimum atomic E-state index is -0.786. The van der Waals surface area contributed by atoms with Gasteiger partial charge < -0.3 is 20.3 Å². The van der Waals surface area contributed by atoms with Gasteiger partial charge in [-0.2, -0.15) is 0 Å². The van der Waals surface area contributed by atoms with Crippen LogP contribution in [0.1, 0.15) is 6.92 Å². The van der Waals surface area contributed by atoms with Crippen molar-refractivity contribution in [3.63, 3.8) is 0 Å². The van der Waals surface area contributed by atoms with Crippen molar-refractivity contribution in [1.29, 1.82) is 0 Å². The summed E-state index contributed by atoms with van der Waals surface area (Å²) in [6.45, 7) is 4.79. The molecule has 0 aromatic heterocycles. The van der Waals surface area contributed by atoms with E-state index in [1.165, 1.54) is 24.0 Å². The SMILES string of the molecule is C=C1C=CC(=O)N1CC(=O)NC(C)C(=O)NCC=O. The van der Waals surface area contributed by atoms with Crippen LogP contribution in [0.3, 0.4) is 0 Å². The molecular formula is C12H15N3O4. The first-order valence-electron chi connectivity index (χ1n) is 5.65. The summed E-state index contributed by atoms with van der Waals surface area (Å²) in [4.78, 5) is 45.7. The zero-order chi connectivity index (χ0) is 14.4. The van der Waals surface area contributed by atoms with Crippen molar-refractivity contribution in [1.82, 2.24) is 15.5 Å². The Bertz CT molecular complexity index is 438. The number of carbonyl (C=O) groups is 4. The summed E-state index contributed by atoms with van der Waals surface area (Å²) < 4.78 is 0. The Morgan fingerprint density at radius 3 is 2.68 bits per heavy atom. The van der Waals surface area contributed by atoms with Gasteiger partial charge in [-0.3, -0.25) is 14.4 Å². The van der Waals surface area contributed by atoms with Gasteiger partial charge in [0.15, 0.2) is 0 Å². The molecule has 1 aliphatic rings. The van der Waals surface area contributed by atoms with Gasteiger partial charge >= 0.3 is 0 Å². The second kappa shape index (κ2) is 6.48. The maximum Gasteiger partial charge on any atom is 0.251 e. The molecule has 3 amide bonds. The molecule has 1 unspecified atom stereocenters. The first-order valence-corrected chi connectivity index (χ1v) is 5.65. The number of hydrogen-bond acceptors (Lipinski definition) is 4. The lowest BCUT2D eigenvalue weighted by molar-refractivity contribution is -0.132. The molecule has 1 heterocycles. The highest BCUT2D eigenvalue weighted by Crippen LogP contribution is 2.11. The number of carbonyl (C=O) groups excluding carboxylic acids is 4. The van der Waals surface area contributed by atoms with Crippen LogP contribution in [0.15, 0.2) is 24.4 Å². The van der Waals surface area contributed by atoms with E-state index in [9.17, 15) is 19.2 Å². The Morgan fingerprint density at radius 1 is 1.47 bits per heavy atom. The van der Waals surface area contributed by atoms with Crippen molar-refractivity contribution in [3.05, 3.63) is 24.4 Å². The van der Waals surface area contributed by atoms with Crippen LogP contribution in [0, 0.1) is 0 Å². The van der Waals surface area contributed by atoms with Crippen molar-refractivity contribution in [2.75, 3.05) is 13.1 Å². The summed E-state index contributed by atoms with van der Waals surface area (Å²) in [5.41, 5.74) is 0.429. The summed E-state index contributed by atoms with van der Waals surface area (Å²) >= 11 is 0. The molecule has 0 radical (unpaired) electrons. The number of nitrogens with zero attached hydrogens (tertiary/aromatic N) is 1. The normalized spacial score (nSPS) is 15.3. The lowest BCUT2D eigenvalue weighted by atomic mass is 10.3. The van der Waals surface area contributed by atoms with E-state index < -0.39 is 17.9 Å². The molecule has 1 rings (SSSR count). The third kappa shape index (κ3) is 4.06. The predicted molar refractivity (Wildman–Crippen MR) is 66.7 cm³/mol. The van der Waals surface area contributed by atoms with Gasteiger partial charge in [0.25, 0.3) is 5.91 Å². The zero-order valence-corrected chi connectivity index (χ0v) is 10.5. The van der Waals surface area contributed by atoms with E-state index in [1.807, 2.05) is 0 Å². The highest BCUT2D eigenvalue weighted by Gasteiger charge is 2.23. The molecule has 0 saturated heterocycles. The third-order valence-corrected chi connectivity index (χ3v) is 2.46. The van der Waals surface area contributed by atoms with Gasteiger partial charge in [0.05, 0.1) is 6.54 Å². The first kappa shape index (κ1) is 14.6. The second-order valence-electron chi connectivity index (χ2n) is 3.95. The van der Waals surface area contributed by atoms with E-state index in [0.717, 1.165) is 0 Å². The molecule has 0 saturated carbocycles. The van der Waals surface area contributed by atoms with Crippen LogP contribution in [0.25, 0.3) is 0 Å². The average Bonchev–Trinajstić information content (AvgIpc) is 2.67. The van der Waals surface area contributed by atoms with Crippen molar-refractivity contribution >= 4 is 24.0 Å². The quantitative estimate of drug-likeness (QED) is 0.585. The predicted octanol–water partition coefficient (Wildman–Crippen LogP) is -1.28. The highest BCUT2D eigenvalue weighted by atomic mass is 16.2. The minimum absolute atomic E-state index is 0.107. The van der Waals surface area contributed by atoms with Crippen molar-refractivity contribution in [2.45, 2.75) is 13.0 Å². The maximum absolute atomic E-state index is 11.7. The Balaban J connectivity index is 2.43. The molecule has 1 atom stereocenters. The fourth-order valence-corrected chi connectivity index (χ4v) is 1.46. The average molecular weight is 265 g/mol. The molecule has 7 nitrogen and oxygen atoms in total. The number of rotatable bonds is 6. The van der Waals surface area contributed by atoms with E-state index in [-0.39, 0.29) is 19.0 Å². The Morgan fingerprint density at radius 2 is 2.16 bits per heavy atom. The lowest BCUT2D eigenvalue weighted by Crippen LogP contribution is -2.48. The van der Waals surface area contributed by atoms with E-state index >= 15 is 0 Å². The molecular weight excluding hydrogens is 250 g/mol. The fourth-order valence-electron chi connectivity index (χ4n) is 1.46. The molecule has 0 bridgehead atoms. The monoisotopic (exact) mass is 265 g/mol. The smallest absolute Gasteiger partial charge is 0.251 e. The Kier molecular flexibility index (Phi) is 4.99. The first-order chi connectivity index (χ1) is 8.95. The van der Waals surface area contributed by atoms with E-state index in [4.69, 9.17) is 0 Å². The number of amides is 3. The Labute approximate surface area is 110 Å². The number of nitrogens with one attached hydrogen (secondary N) is 2. The molecule has 0 aliphatic carbocycles. The maximum atomic E-state index is 11.7. The van der Waals surface area contributed by atoms with Crippen LogP contribution in [0.5, 0.6) is 0 Å². The van der Waals surface area contributed by atoms with Crippen molar-refractivity contribution in [2.24, 2.45) is 0 Å². The molecule has 0 aromatic carbocycles. The van der Waals surface area contributed by atoms with Crippen molar-refractivity contribution < 1.29 is 19.2 Å². The fraction of sp³-hybridized carbons (Fsp3) is 0.333. The second-order valence-corrected chi connectivity index (χ2v) is 3.95. The Hall–Kier alpha value is -2.44. The molecule has 102 valence electrons. The lowest BCUT2D eigenvalue weighted by Gasteiger charge is -2.18. The van der Waals surface area contributed by atoms with Crippen LogP contribution in [0.2, 0.25) is 0 Å². The number of hydrogen-bond donors (Lipinski definition) is 2. The summed E-state index contributed by atoms with van der Waals surface area (Å²) in [5.74, 6) is -1.27. The van der Waals surface area contributed by atoms with Gasteiger partial charge in [-0.05, 0) is 13.0 Å². The van der Waals surface area contributed by atoms with Crippen LogP contribution in [-0.2, 0) is 19.2 Å². The highest BCUT2D eigenvalue weighted by molar-refractivity contribution is 5.96. The van der Waals surface area contributed by atoms with Crippen LogP contribution in [0.4, 0.5) is 0 Å². The largest absolute Gasteiger partial charge is 0.348 e. The van der Waals surface area contributed by atoms with Gasteiger partial charge in [0, 0.05) is 11.8 Å². The molecule has 0 fully saturated rings. The van der Waals surface area contributed by atoms with E-state index in [0.29, 0.717) is 12.0 Å². The molecule has 0 aromatic rings. The van der Waals surface area contributed by atoms with E-state index in [2.05, 4.69) is 17.2 Å². The van der Waals surface area contributed by atoms with Gasteiger partial charge in [-0.15, -0.1) is 0 Å². The topological polar surface area (TPSA) is 95.6 Å². The molecule has 1 aliphatic heterocycles. The summed E-state index contributed by atoms with van der Waals surface area (Å²) in [7, 11) is 0. The molecule has 19 heavy (non-hydrogen) atoms. The summed E-state index contributed by atoms with van der Waals surface area (Å²) in [6, 6.07) is -0.786. The van der Waals surface area contributed by atoms with Gasteiger partial charge in [-0.25, -0.2) is 0 Å². The number of aldehydes is 1. The van der Waals surface area contributed by atoms with Gasteiger partial charge in [0.2, 0.25) is 11.8 Å². The van der Waals surface area contributed by atoms with Crippen LogP contribution >= 0.6 is 0 Å². The summed E-state index contributed by atoms with van der Waals surface area (Å²) in [5, 5.41) is 4.74. The van der Waals surface area contributed by atoms with Gasteiger partial charge in [0.1, 0.15) is 18.9 Å². The van der Waals surface area contributed by atoms with Gasteiger partial charge in [-0.1, -0.05) is 6.58 Å². The minimum Gasteiger partial charge on any atom is -0.348 e. The van der Waals surface area contributed by atoms with Crippen LogP contribution < -0.4 is 10.6 Å². The van der Waals surface area contributed by atoms with Crippen molar-refractivity contribution in [3.8, 4) is 0 Å². The standard InChI is InChI=1S/C12H15N3O4/c1-8-3-4-11(18)15(8)7-10(17)14-9(2)12(19)13-5-6-16/h3-4,6,9H,1,5,7H2,2H3,(H,13,19)(H,14,17). The van der Waals surface area contributed by atoms with Crippen LogP contribution in [-0.4, -0.2) is 48.0 Å². The third-order valence-electron chi connectivity index (χ3n) is 2.46. The van der Waals surface area contributed by atoms with E-state index in [1.54, 1.807) is 0 Å². The number of allylic oxidation sites excluding steroid dienone is 1. The zero-order valence-electron chi connectivity index (χ0n) is 10.5. The summed E-state index contributed by atoms with van der Waals surface area (Å²) in [6.07, 6.45) is 3.37. The molecule has 0 spiro atoms.